The van der Waals surface area contributed by atoms with Crippen molar-refractivity contribution in [2.75, 3.05) is 0 Å². The van der Waals surface area contributed by atoms with Crippen LogP contribution in [0.1, 0.15) is 61.3 Å². The van der Waals surface area contributed by atoms with Crippen molar-refractivity contribution in [1.82, 2.24) is 15.0 Å². The van der Waals surface area contributed by atoms with Crippen LogP contribution in [0, 0.1) is 25.5 Å². The van der Waals surface area contributed by atoms with Crippen molar-refractivity contribution in [3.05, 3.63) is 65.4 Å². The SMILES string of the molecule is Cc1nc(C)c(C(=O)C[C@@](C)(CC(C)(C)S(N)=O)c2cc(-c3cncnc3)c(F)cc2F)o1. The third kappa shape index (κ3) is 5.22. The van der Waals surface area contributed by atoms with Crippen LogP contribution in [0.3, 0.4) is 0 Å². The van der Waals surface area contributed by atoms with E-state index < -0.39 is 38.6 Å². The molecule has 176 valence electrons. The van der Waals surface area contributed by atoms with Crippen molar-refractivity contribution in [3.63, 3.8) is 0 Å². The summed E-state index contributed by atoms with van der Waals surface area (Å²) in [6.07, 6.45) is 4.00. The number of hydrogen-bond donors (Lipinski definition) is 1. The number of ketones is 1. The molecular formula is C23H26F2N4O3S. The summed E-state index contributed by atoms with van der Waals surface area (Å²) in [5.74, 6) is -1.61. The molecule has 0 spiro atoms. The molecule has 0 saturated carbocycles. The molecule has 2 aromatic heterocycles. The van der Waals surface area contributed by atoms with Crippen molar-refractivity contribution in [3.8, 4) is 11.1 Å². The predicted octanol–water partition coefficient (Wildman–Crippen LogP) is 4.35. The lowest BCUT2D eigenvalue weighted by molar-refractivity contribution is 0.0917. The molecule has 1 unspecified atom stereocenters. The monoisotopic (exact) mass is 476 g/mol. The molecule has 2 atom stereocenters. The Morgan fingerprint density at radius 3 is 2.30 bits per heavy atom. The Kier molecular flexibility index (Phi) is 6.90. The van der Waals surface area contributed by atoms with Gasteiger partial charge in [0.15, 0.2) is 11.7 Å². The fourth-order valence-electron chi connectivity index (χ4n) is 4.16. The number of benzene rings is 1. The fraction of sp³-hybridized carbons (Fsp3) is 0.391. The Balaban J connectivity index is 2.16. The van der Waals surface area contributed by atoms with Crippen molar-refractivity contribution < 1.29 is 22.2 Å². The largest absolute Gasteiger partial charge is 0.438 e. The number of aromatic nitrogens is 3. The summed E-state index contributed by atoms with van der Waals surface area (Å²) in [5, 5.41) is 5.70. The van der Waals surface area contributed by atoms with Crippen molar-refractivity contribution in [2.24, 2.45) is 5.14 Å². The maximum atomic E-state index is 15.2. The van der Waals surface area contributed by atoms with Crippen LogP contribution in [0.15, 0.2) is 35.3 Å². The second kappa shape index (κ2) is 9.18. The average molecular weight is 477 g/mol. The topological polar surface area (TPSA) is 112 Å². The lowest BCUT2D eigenvalue weighted by atomic mass is 9.71. The van der Waals surface area contributed by atoms with Gasteiger partial charge in [-0.2, -0.15) is 0 Å². The summed E-state index contributed by atoms with van der Waals surface area (Å²) in [6, 6.07) is 2.13. The molecule has 10 heteroatoms. The Hall–Kier alpha value is -2.85. The van der Waals surface area contributed by atoms with E-state index in [4.69, 9.17) is 9.56 Å². The van der Waals surface area contributed by atoms with Gasteiger partial charge in [-0.3, -0.25) is 9.93 Å². The molecule has 2 N–H and O–H groups in total. The van der Waals surface area contributed by atoms with Gasteiger partial charge in [-0.25, -0.2) is 27.9 Å². The number of oxazole rings is 1. The van der Waals surface area contributed by atoms with Crippen molar-refractivity contribution >= 4 is 16.8 Å². The molecule has 0 saturated heterocycles. The van der Waals surface area contributed by atoms with Crippen LogP contribution in [0.4, 0.5) is 8.78 Å². The number of nitrogens with two attached hydrogens (primary N) is 1. The molecule has 3 aromatic rings. The quantitative estimate of drug-likeness (QED) is 0.484. The number of halogens is 2. The van der Waals surface area contributed by atoms with Crippen LogP contribution in [-0.2, 0) is 16.4 Å². The van der Waals surface area contributed by atoms with Gasteiger partial charge in [-0.15, -0.1) is 0 Å². The van der Waals surface area contributed by atoms with Gasteiger partial charge in [0.25, 0.3) is 0 Å². The van der Waals surface area contributed by atoms with Crippen molar-refractivity contribution in [2.45, 2.75) is 57.6 Å². The normalized spacial score (nSPS) is 14.7. The highest BCUT2D eigenvalue weighted by Crippen LogP contribution is 2.41. The summed E-state index contributed by atoms with van der Waals surface area (Å²) < 4.78 is 46.6. The molecule has 0 aliphatic heterocycles. The summed E-state index contributed by atoms with van der Waals surface area (Å²) in [5.41, 5.74) is -0.255. The molecule has 1 aromatic carbocycles. The number of carbonyl (C=O) groups excluding carboxylic acids is 1. The van der Waals surface area contributed by atoms with Crippen LogP contribution in [-0.4, -0.2) is 29.7 Å². The van der Waals surface area contributed by atoms with E-state index >= 15 is 4.39 Å². The minimum Gasteiger partial charge on any atom is -0.438 e. The van der Waals surface area contributed by atoms with E-state index in [1.54, 1.807) is 34.6 Å². The smallest absolute Gasteiger partial charge is 0.200 e. The van der Waals surface area contributed by atoms with Gasteiger partial charge in [-0.05, 0) is 38.8 Å². The first-order valence-electron chi connectivity index (χ1n) is 10.2. The first-order valence-corrected chi connectivity index (χ1v) is 11.4. The van der Waals surface area contributed by atoms with E-state index in [1.165, 1.54) is 24.8 Å². The highest BCUT2D eigenvalue weighted by atomic mass is 32.2. The Morgan fingerprint density at radius 1 is 1.12 bits per heavy atom. The highest BCUT2D eigenvalue weighted by molar-refractivity contribution is 7.84. The molecule has 2 heterocycles. The second-order valence-corrected chi connectivity index (χ2v) is 10.7. The first kappa shape index (κ1) is 24.8. The van der Waals surface area contributed by atoms with E-state index in [0.29, 0.717) is 17.1 Å². The molecule has 0 bridgehead atoms. The average Bonchev–Trinajstić information content (AvgIpc) is 3.06. The number of rotatable bonds is 8. The number of hydrogen-bond acceptors (Lipinski definition) is 6. The predicted molar refractivity (Wildman–Crippen MR) is 121 cm³/mol. The maximum absolute atomic E-state index is 15.2. The molecule has 0 radical (unpaired) electrons. The van der Waals surface area contributed by atoms with Crippen LogP contribution >= 0.6 is 0 Å². The van der Waals surface area contributed by atoms with Crippen LogP contribution in [0.2, 0.25) is 0 Å². The zero-order valence-electron chi connectivity index (χ0n) is 19.1. The molecule has 33 heavy (non-hydrogen) atoms. The number of carbonyl (C=O) groups is 1. The number of aryl methyl sites for hydroxylation is 2. The van der Waals surface area contributed by atoms with E-state index in [1.807, 2.05) is 0 Å². The van der Waals surface area contributed by atoms with E-state index in [9.17, 15) is 13.4 Å². The summed E-state index contributed by atoms with van der Waals surface area (Å²) in [7, 11) is -1.77. The second-order valence-electron chi connectivity index (χ2n) is 8.98. The molecule has 0 aliphatic rings. The molecule has 3 rings (SSSR count). The van der Waals surface area contributed by atoms with Crippen molar-refractivity contribution in [1.29, 1.82) is 0 Å². The summed E-state index contributed by atoms with van der Waals surface area (Å²) >= 11 is 0. The first-order chi connectivity index (χ1) is 15.3. The Morgan fingerprint density at radius 2 is 1.76 bits per heavy atom. The maximum Gasteiger partial charge on any atom is 0.200 e. The molecule has 7 nitrogen and oxygen atoms in total. The number of Topliss-reactive ketones (excluding diaryl/α,β-unsaturated/α-hetero) is 1. The Labute approximate surface area is 193 Å². The van der Waals surface area contributed by atoms with E-state index in [0.717, 1.165) is 6.07 Å². The third-order valence-corrected chi connectivity index (χ3v) is 6.88. The lowest BCUT2D eigenvalue weighted by Gasteiger charge is -2.36. The molecule has 0 aliphatic carbocycles. The molecular weight excluding hydrogens is 450 g/mol. The summed E-state index contributed by atoms with van der Waals surface area (Å²) in [6.45, 7) is 8.27. The zero-order valence-corrected chi connectivity index (χ0v) is 19.9. The minimum absolute atomic E-state index is 0.0737. The van der Waals surface area contributed by atoms with Gasteiger partial charge < -0.3 is 4.42 Å². The molecule has 0 fully saturated rings. The standard InChI is InChI=1S/C23H26F2N4O3S/c1-13-21(32-14(2)29-13)20(30)8-23(5,11-22(3,4)33(26)31)17-6-16(18(24)7-19(17)25)15-9-27-12-28-10-15/h6-7,9-10,12H,8,11,26H2,1-5H3/t23-,33?/m0/s1. The lowest BCUT2D eigenvalue weighted by Crippen LogP contribution is -2.41. The number of nitrogens with zero attached hydrogens (tertiary/aromatic N) is 3. The van der Waals surface area contributed by atoms with Crippen LogP contribution < -0.4 is 5.14 Å². The van der Waals surface area contributed by atoms with Crippen LogP contribution in [0.5, 0.6) is 0 Å². The fourth-order valence-corrected chi connectivity index (χ4v) is 4.62. The third-order valence-electron chi connectivity index (χ3n) is 5.65. The highest BCUT2D eigenvalue weighted by Gasteiger charge is 2.41. The van der Waals surface area contributed by atoms with Gasteiger partial charge in [-0.1, -0.05) is 6.92 Å². The zero-order chi connectivity index (χ0) is 24.6. The van der Waals surface area contributed by atoms with Gasteiger partial charge in [0.05, 0.1) is 21.4 Å². The van der Waals surface area contributed by atoms with Gasteiger partial charge in [0.1, 0.15) is 18.0 Å². The van der Waals surface area contributed by atoms with Gasteiger partial charge in [0, 0.05) is 48.3 Å². The minimum atomic E-state index is -1.77. The van der Waals surface area contributed by atoms with Crippen LogP contribution in [0.25, 0.3) is 11.1 Å². The summed E-state index contributed by atoms with van der Waals surface area (Å²) in [4.78, 5) is 25.1. The van der Waals surface area contributed by atoms with Gasteiger partial charge >= 0.3 is 0 Å². The van der Waals surface area contributed by atoms with E-state index in [-0.39, 0.29) is 29.7 Å². The van der Waals surface area contributed by atoms with Gasteiger partial charge in [0.2, 0.25) is 5.78 Å². The Bertz CT molecular complexity index is 1210. The van der Waals surface area contributed by atoms with E-state index in [2.05, 4.69) is 15.0 Å². The molecule has 0 amide bonds.